The van der Waals surface area contributed by atoms with Crippen LogP contribution in [0, 0.1) is 0 Å². The summed E-state index contributed by atoms with van der Waals surface area (Å²) in [4.78, 5) is 2.35. The average molecular weight is 98.1 g/mol. The lowest BCUT2D eigenvalue weighted by Gasteiger charge is -2.01. The first-order valence-electron chi connectivity index (χ1n) is 2.89. The highest BCUT2D eigenvalue weighted by Gasteiger charge is 2.43. The summed E-state index contributed by atoms with van der Waals surface area (Å²) < 4.78 is 0. The first-order valence-corrected chi connectivity index (χ1v) is 2.89. The normalized spacial score (nSPS) is 57.0. The van der Waals surface area contributed by atoms with Gasteiger partial charge in [0.25, 0.3) is 0 Å². The van der Waals surface area contributed by atoms with E-state index in [1.54, 1.807) is 0 Å². The van der Waals surface area contributed by atoms with Crippen LogP contribution in [0.15, 0.2) is 0 Å². The van der Waals surface area contributed by atoms with Gasteiger partial charge in [0.15, 0.2) is 0 Å². The maximum Gasteiger partial charge on any atom is 0.0576 e. The van der Waals surface area contributed by atoms with Crippen molar-refractivity contribution in [3.63, 3.8) is 0 Å². The molecule has 0 spiro atoms. The zero-order valence-corrected chi connectivity index (χ0v) is 4.30. The van der Waals surface area contributed by atoms with Gasteiger partial charge in [-0.15, -0.1) is 0 Å². The van der Waals surface area contributed by atoms with Crippen LogP contribution >= 0.6 is 0 Å². The molecule has 2 fully saturated rings. The van der Waals surface area contributed by atoms with Crippen LogP contribution in [-0.4, -0.2) is 23.7 Å². The number of nitrogens with zero attached hydrogens (tertiary/aromatic N) is 1. The molecule has 0 amide bonds. The molecule has 2 N–H and O–H groups in total. The lowest BCUT2D eigenvalue weighted by Crippen LogP contribution is -2.25. The number of fused-ring (bicyclic) bond motifs is 1. The molecule has 2 aliphatic rings. The van der Waals surface area contributed by atoms with Crippen LogP contribution in [0.1, 0.15) is 12.8 Å². The maximum atomic E-state index is 5.65. The molecule has 0 aliphatic carbocycles. The van der Waals surface area contributed by atoms with E-state index in [0.29, 0.717) is 6.17 Å². The van der Waals surface area contributed by atoms with Crippen LogP contribution in [-0.2, 0) is 0 Å². The van der Waals surface area contributed by atoms with Crippen LogP contribution in [0.2, 0.25) is 0 Å². The summed E-state index contributed by atoms with van der Waals surface area (Å²) in [6.45, 7) is 1.28. The van der Waals surface area contributed by atoms with Crippen molar-refractivity contribution in [3.8, 4) is 0 Å². The monoisotopic (exact) mass is 98.1 g/mol. The van der Waals surface area contributed by atoms with Gasteiger partial charge in [-0.2, -0.15) is 0 Å². The highest BCUT2D eigenvalue weighted by atomic mass is 15.4. The van der Waals surface area contributed by atoms with Crippen molar-refractivity contribution in [2.45, 2.75) is 25.0 Å². The molecule has 2 aliphatic heterocycles. The summed E-state index contributed by atoms with van der Waals surface area (Å²) in [7, 11) is 0. The third-order valence-corrected chi connectivity index (χ3v) is 1.98. The molecular formula is C5H10N2. The predicted molar refractivity (Wildman–Crippen MR) is 27.7 cm³/mol. The Kier molecular flexibility index (Phi) is 0.557. The van der Waals surface area contributed by atoms with Crippen LogP contribution in [0.25, 0.3) is 0 Å². The van der Waals surface area contributed by atoms with Gasteiger partial charge in [0, 0.05) is 12.6 Å². The molecule has 0 bridgehead atoms. The third-order valence-electron chi connectivity index (χ3n) is 1.98. The number of piperidine rings is 1. The van der Waals surface area contributed by atoms with Crippen molar-refractivity contribution in [3.05, 3.63) is 0 Å². The maximum absolute atomic E-state index is 5.65. The van der Waals surface area contributed by atoms with Gasteiger partial charge >= 0.3 is 0 Å². The van der Waals surface area contributed by atoms with E-state index in [-0.39, 0.29) is 0 Å². The molecule has 0 aromatic carbocycles. The molecule has 0 radical (unpaired) electrons. The van der Waals surface area contributed by atoms with Gasteiger partial charge in [-0.05, 0) is 12.8 Å². The van der Waals surface area contributed by atoms with Crippen molar-refractivity contribution in [2.24, 2.45) is 5.73 Å². The number of hydrogen-bond donors (Lipinski definition) is 1. The molecule has 2 heteroatoms. The third kappa shape index (κ3) is 0.409. The number of rotatable bonds is 0. The Labute approximate surface area is 43.3 Å². The molecule has 2 saturated heterocycles. The second-order valence-corrected chi connectivity index (χ2v) is 2.50. The number of nitrogens with two attached hydrogens (primary N) is 1. The summed E-state index contributed by atoms with van der Waals surface area (Å²) in [5.74, 6) is 0. The molecule has 0 saturated carbocycles. The molecule has 40 valence electrons. The lowest BCUT2D eigenvalue weighted by atomic mass is 10.2. The largest absolute Gasteiger partial charge is 0.316 e. The van der Waals surface area contributed by atoms with Crippen molar-refractivity contribution in [1.82, 2.24) is 4.90 Å². The van der Waals surface area contributed by atoms with Gasteiger partial charge in [-0.1, -0.05) is 0 Å². The first-order chi connectivity index (χ1) is 3.38. The second kappa shape index (κ2) is 1.01. The Balaban J connectivity index is 2.08. The minimum atomic E-state index is 0.421. The SMILES string of the molecule is NC1CCC2CN12. The minimum absolute atomic E-state index is 0.421. The molecular weight excluding hydrogens is 88.1 g/mol. The number of hydrogen-bond acceptors (Lipinski definition) is 2. The van der Waals surface area contributed by atoms with Gasteiger partial charge in [0.2, 0.25) is 0 Å². The molecule has 0 aromatic heterocycles. The van der Waals surface area contributed by atoms with Crippen molar-refractivity contribution in [1.29, 1.82) is 0 Å². The molecule has 3 unspecified atom stereocenters. The van der Waals surface area contributed by atoms with Crippen LogP contribution in [0.4, 0.5) is 0 Å². The Morgan fingerprint density at radius 1 is 1.43 bits per heavy atom. The summed E-state index contributed by atoms with van der Waals surface area (Å²) in [6.07, 6.45) is 3.00. The molecule has 2 nitrogen and oxygen atoms in total. The van der Waals surface area contributed by atoms with E-state index >= 15 is 0 Å². The van der Waals surface area contributed by atoms with E-state index in [4.69, 9.17) is 5.73 Å². The van der Waals surface area contributed by atoms with Gasteiger partial charge in [0.1, 0.15) is 0 Å². The van der Waals surface area contributed by atoms with Gasteiger partial charge in [0.05, 0.1) is 6.17 Å². The lowest BCUT2D eigenvalue weighted by molar-refractivity contribution is 0.437. The summed E-state index contributed by atoms with van der Waals surface area (Å²) in [6, 6.07) is 0.898. The standard InChI is InChI=1S/C5H10N2/c6-5-2-1-4-3-7(4)5/h4-5H,1-3,6H2. The van der Waals surface area contributed by atoms with Crippen molar-refractivity contribution >= 4 is 0 Å². The fourth-order valence-electron chi connectivity index (χ4n) is 1.39. The molecule has 3 atom stereocenters. The van der Waals surface area contributed by atoms with E-state index in [9.17, 15) is 0 Å². The Hall–Kier alpha value is -0.0800. The highest BCUT2D eigenvalue weighted by molar-refractivity contribution is 4.98. The zero-order chi connectivity index (χ0) is 4.85. The van der Waals surface area contributed by atoms with Crippen LogP contribution in [0.5, 0.6) is 0 Å². The van der Waals surface area contributed by atoms with Gasteiger partial charge in [-0.3, -0.25) is 4.90 Å². The predicted octanol–water partition coefficient (Wildman–Crippen LogP) is -0.251. The summed E-state index contributed by atoms with van der Waals surface area (Å²) in [5, 5.41) is 0. The minimum Gasteiger partial charge on any atom is -0.316 e. The van der Waals surface area contributed by atoms with Crippen molar-refractivity contribution < 1.29 is 0 Å². The first kappa shape index (κ1) is 3.87. The van der Waals surface area contributed by atoms with Gasteiger partial charge < -0.3 is 5.73 Å². The van der Waals surface area contributed by atoms with E-state index in [2.05, 4.69) is 4.90 Å². The van der Waals surface area contributed by atoms with Crippen LogP contribution < -0.4 is 5.73 Å². The summed E-state index contributed by atoms with van der Waals surface area (Å²) >= 11 is 0. The summed E-state index contributed by atoms with van der Waals surface area (Å²) in [5.41, 5.74) is 5.65. The van der Waals surface area contributed by atoms with E-state index in [0.717, 1.165) is 6.04 Å². The molecule has 2 heterocycles. The van der Waals surface area contributed by atoms with E-state index in [1.165, 1.54) is 19.4 Å². The van der Waals surface area contributed by atoms with E-state index < -0.39 is 0 Å². The highest BCUT2D eigenvalue weighted by Crippen LogP contribution is 2.32. The fourth-order valence-corrected chi connectivity index (χ4v) is 1.39. The molecule has 7 heavy (non-hydrogen) atoms. The zero-order valence-electron chi connectivity index (χ0n) is 4.30. The fraction of sp³-hybridized carbons (Fsp3) is 1.00. The Bertz CT molecular complexity index is 92.1. The Morgan fingerprint density at radius 3 is 2.43 bits per heavy atom. The smallest absolute Gasteiger partial charge is 0.0576 e. The Morgan fingerprint density at radius 2 is 2.29 bits per heavy atom. The molecule has 0 aromatic rings. The molecule has 2 rings (SSSR count). The van der Waals surface area contributed by atoms with Crippen molar-refractivity contribution in [2.75, 3.05) is 6.54 Å². The van der Waals surface area contributed by atoms with Gasteiger partial charge in [-0.25, -0.2) is 0 Å². The second-order valence-electron chi connectivity index (χ2n) is 2.50. The average Bonchev–Trinajstić information content (AvgIpc) is 2.33. The topological polar surface area (TPSA) is 29.0 Å². The van der Waals surface area contributed by atoms with E-state index in [1.807, 2.05) is 0 Å². The quantitative estimate of drug-likeness (QED) is 0.423. The van der Waals surface area contributed by atoms with Crippen LogP contribution in [0.3, 0.4) is 0 Å².